The molecule has 0 spiro atoms. The van der Waals surface area contributed by atoms with Gasteiger partial charge in [-0.1, -0.05) is 15.9 Å². The fourth-order valence-corrected chi connectivity index (χ4v) is 1.24. The topological polar surface area (TPSA) is 67.8 Å². The maximum atomic E-state index is 11.2. The molecule has 0 unspecified atom stereocenters. The summed E-state index contributed by atoms with van der Waals surface area (Å²) in [5, 5.41) is 3.67. The third-order valence-electron chi connectivity index (χ3n) is 1.75. The van der Waals surface area contributed by atoms with Gasteiger partial charge in [0.15, 0.2) is 6.29 Å². The number of esters is 1. The molecule has 0 aliphatic carbocycles. The van der Waals surface area contributed by atoms with E-state index in [2.05, 4.69) is 31.2 Å². The zero-order valence-electron chi connectivity index (χ0n) is 9.14. The predicted molar refractivity (Wildman–Crippen MR) is 67.9 cm³/mol. The minimum atomic E-state index is -0.743. The second-order valence-electron chi connectivity index (χ2n) is 2.95. The van der Waals surface area contributed by atoms with Crippen molar-refractivity contribution in [1.82, 2.24) is 0 Å². The summed E-state index contributed by atoms with van der Waals surface area (Å²) in [6.07, 6.45) is 0.351. The van der Waals surface area contributed by atoms with Crippen molar-refractivity contribution in [2.24, 2.45) is 5.10 Å². The van der Waals surface area contributed by atoms with Crippen LogP contribution >= 0.6 is 15.9 Å². The largest absolute Gasteiger partial charge is 0.461 e. The highest BCUT2D eigenvalue weighted by atomic mass is 79.9. The molecule has 0 aromatic heterocycles. The molecule has 1 aromatic carbocycles. The summed E-state index contributed by atoms with van der Waals surface area (Å²) in [6.45, 7) is 1.85. The summed E-state index contributed by atoms with van der Waals surface area (Å²) in [5.41, 5.74) is 2.96. The lowest BCUT2D eigenvalue weighted by Gasteiger charge is -2.02. The van der Waals surface area contributed by atoms with Crippen molar-refractivity contribution in [3.63, 3.8) is 0 Å². The van der Waals surface area contributed by atoms with Gasteiger partial charge < -0.3 is 4.74 Å². The van der Waals surface area contributed by atoms with Crippen molar-refractivity contribution in [3.05, 3.63) is 28.7 Å². The van der Waals surface area contributed by atoms with Gasteiger partial charge in [-0.2, -0.15) is 5.10 Å². The van der Waals surface area contributed by atoms with E-state index >= 15 is 0 Å². The number of benzene rings is 1. The van der Waals surface area contributed by atoms with Gasteiger partial charge in [0.25, 0.3) is 0 Å². The number of carbonyl (C=O) groups excluding carboxylic acids is 2. The third-order valence-corrected chi connectivity index (χ3v) is 2.27. The molecule has 0 aliphatic rings. The van der Waals surface area contributed by atoms with Crippen molar-refractivity contribution in [2.45, 2.75) is 6.92 Å². The molecule has 90 valence electrons. The highest BCUT2D eigenvalue weighted by Crippen LogP contribution is 2.13. The lowest BCUT2D eigenvalue weighted by molar-refractivity contribution is -0.135. The van der Waals surface area contributed by atoms with Gasteiger partial charge in [-0.05, 0) is 31.2 Å². The predicted octanol–water partition coefficient (Wildman–Crippen LogP) is 1.98. The number of halogens is 1. The SMILES string of the molecule is CCOC(=O)/C(C=O)=N/Nc1ccc(Br)cc1. The standard InChI is InChI=1S/C11H11BrN2O3/c1-2-17-11(16)10(7-15)14-13-9-5-3-8(12)4-6-9/h3-7,13H,2H2,1H3/b14-10+. The lowest BCUT2D eigenvalue weighted by Crippen LogP contribution is -2.20. The Morgan fingerprint density at radius 1 is 1.47 bits per heavy atom. The number of aldehydes is 1. The van der Waals surface area contributed by atoms with Crippen LogP contribution in [0.2, 0.25) is 0 Å². The van der Waals surface area contributed by atoms with Gasteiger partial charge in [0.2, 0.25) is 5.71 Å². The van der Waals surface area contributed by atoms with Crippen molar-refractivity contribution in [1.29, 1.82) is 0 Å². The molecule has 0 saturated heterocycles. The second-order valence-corrected chi connectivity index (χ2v) is 3.87. The first-order chi connectivity index (χ1) is 8.17. The quantitative estimate of drug-likeness (QED) is 0.297. The fraction of sp³-hybridized carbons (Fsp3) is 0.182. The minimum absolute atomic E-state index is 0.198. The summed E-state index contributed by atoms with van der Waals surface area (Å²) >= 11 is 3.29. The summed E-state index contributed by atoms with van der Waals surface area (Å²) in [4.78, 5) is 21.8. The van der Waals surface area contributed by atoms with Gasteiger partial charge in [0.05, 0.1) is 12.3 Å². The summed E-state index contributed by atoms with van der Waals surface area (Å²) in [7, 11) is 0. The maximum Gasteiger partial charge on any atom is 0.362 e. The molecule has 1 N–H and O–H groups in total. The number of nitrogens with zero attached hydrogens (tertiary/aromatic N) is 1. The van der Waals surface area contributed by atoms with E-state index in [1.807, 2.05) is 12.1 Å². The maximum absolute atomic E-state index is 11.2. The van der Waals surface area contributed by atoms with Gasteiger partial charge in [-0.3, -0.25) is 10.2 Å². The highest BCUT2D eigenvalue weighted by Gasteiger charge is 2.11. The minimum Gasteiger partial charge on any atom is -0.461 e. The molecule has 0 heterocycles. The summed E-state index contributed by atoms with van der Waals surface area (Å²) in [5.74, 6) is -0.743. The molecule has 0 radical (unpaired) electrons. The van der Waals surface area contributed by atoms with Gasteiger partial charge in [0, 0.05) is 4.47 Å². The van der Waals surface area contributed by atoms with E-state index in [-0.39, 0.29) is 12.3 Å². The van der Waals surface area contributed by atoms with Crippen LogP contribution in [0.4, 0.5) is 5.69 Å². The average Bonchev–Trinajstić information content (AvgIpc) is 2.32. The molecule has 0 fully saturated rings. The van der Waals surface area contributed by atoms with E-state index in [0.29, 0.717) is 12.0 Å². The normalized spacial score (nSPS) is 10.8. The zero-order chi connectivity index (χ0) is 12.7. The highest BCUT2D eigenvalue weighted by molar-refractivity contribution is 9.10. The van der Waals surface area contributed by atoms with Crippen LogP contribution in [0, 0.1) is 0 Å². The Hall–Kier alpha value is -1.69. The molecule has 0 atom stereocenters. The van der Waals surface area contributed by atoms with Crippen LogP contribution in [-0.2, 0) is 14.3 Å². The Balaban J connectivity index is 2.70. The molecule has 0 saturated carbocycles. The molecule has 0 bridgehead atoms. The van der Waals surface area contributed by atoms with Gasteiger partial charge in [0.1, 0.15) is 0 Å². The molecule has 1 rings (SSSR count). The zero-order valence-corrected chi connectivity index (χ0v) is 10.7. The Kier molecular flexibility index (Phi) is 5.35. The number of hydrogen-bond donors (Lipinski definition) is 1. The van der Waals surface area contributed by atoms with E-state index in [1.54, 1.807) is 19.1 Å². The van der Waals surface area contributed by atoms with Crippen LogP contribution in [0.25, 0.3) is 0 Å². The van der Waals surface area contributed by atoms with Gasteiger partial charge in [-0.15, -0.1) is 0 Å². The first-order valence-corrected chi connectivity index (χ1v) is 5.68. The number of carbonyl (C=O) groups is 2. The lowest BCUT2D eigenvalue weighted by atomic mass is 10.3. The van der Waals surface area contributed by atoms with Crippen LogP contribution in [0.1, 0.15) is 6.92 Å². The van der Waals surface area contributed by atoms with E-state index in [4.69, 9.17) is 0 Å². The number of hydrazone groups is 1. The van der Waals surface area contributed by atoms with Crippen LogP contribution < -0.4 is 5.43 Å². The van der Waals surface area contributed by atoms with Gasteiger partial charge in [-0.25, -0.2) is 4.79 Å². The van der Waals surface area contributed by atoms with Crippen LogP contribution in [0.3, 0.4) is 0 Å². The van der Waals surface area contributed by atoms with Crippen molar-refractivity contribution >= 4 is 39.6 Å². The number of hydrogen-bond acceptors (Lipinski definition) is 5. The molecule has 17 heavy (non-hydrogen) atoms. The van der Waals surface area contributed by atoms with Crippen LogP contribution in [-0.4, -0.2) is 24.6 Å². The van der Waals surface area contributed by atoms with Crippen LogP contribution in [0.15, 0.2) is 33.8 Å². The molecular weight excluding hydrogens is 288 g/mol. The smallest absolute Gasteiger partial charge is 0.362 e. The Bertz CT molecular complexity index is 429. The molecule has 0 amide bonds. The fourth-order valence-electron chi connectivity index (χ4n) is 0.974. The second kappa shape index (κ2) is 6.80. The molecular formula is C11H11BrN2O3. The summed E-state index contributed by atoms with van der Waals surface area (Å²) in [6, 6.07) is 7.12. The van der Waals surface area contributed by atoms with E-state index < -0.39 is 5.97 Å². The van der Waals surface area contributed by atoms with E-state index in [9.17, 15) is 9.59 Å². The molecule has 0 aliphatic heterocycles. The molecule has 6 heteroatoms. The number of rotatable bonds is 5. The third kappa shape index (κ3) is 4.36. The van der Waals surface area contributed by atoms with E-state index in [0.717, 1.165) is 4.47 Å². The van der Waals surface area contributed by atoms with Gasteiger partial charge >= 0.3 is 5.97 Å². The summed E-state index contributed by atoms with van der Waals surface area (Å²) < 4.78 is 5.58. The number of nitrogens with one attached hydrogen (secondary N) is 1. The number of ether oxygens (including phenoxy) is 1. The monoisotopic (exact) mass is 298 g/mol. The number of anilines is 1. The first kappa shape index (κ1) is 13.4. The Morgan fingerprint density at radius 3 is 2.65 bits per heavy atom. The van der Waals surface area contributed by atoms with Crippen molar-refractivity contribution < 1.29 is 14.3 Å². The average molecular weight is 299 g/mol. The molecule has 1 aromatic rings. The Morgan fingerprint density at radius 2 is 2.12 bits per heavy atom. The van der Waals surface area contributed by atoms with Crippen molar-refractivity contribution in [2.75, 3.05) is 12.0 Å². The van der Waals surface area contributed by atoms with Crippen molar-refractivity contribution in [3.8, 4) is 0 Å². The Labute approximate surface area is 107 Å². The van der Waals surface area contributed by atoms with Crippen LogP contribution in [0.5, 0.6) is 0 Å². The first-order valence-electron chi connectivity index (χ1n) is 4.89. The molecule has 5 nitrogen and oxygen atoms in total. The van der Waals surface area contributed by atoms with E-state index in [1.165, 1.54) is 0 Å².